The van der Waals surface area contributed by atoms with Crippen molar-refractivity contribution in [3.8, 4) is 0 Å². The lowest BCUT2D eigenvalue weighted by molar-refractivity contribution is 0.183. The monoisotopic (exact) mass is 284 g/mol. The van der Waals surface area contributed by atoms with Crippen molar-refractivity contribution >= 4 is 21.7 Å². The minimum atomic E-state index is 0.397. The van der Waals surface area contributed by atoms with Gasteiger partial charge in [-0.25, -0.2) is 4.98 Å². The van der Waals surface area contributed by atoms with Crippen LogP contribution in [-0.2, 0) is 4.74 Å². The molecule has 2 atom stereocenters. The number of nitrogens with one attached hydrogen (secondary N) is 1. The maximum Gasteiger partial charge on any atom is 0.140 e. The van der Waals surface area contributed by atoms with Gasteiger partial charge in [0.15, 0.2) is 0 Å². The number of hydrogen-bond donors (Lipinski definition) is 1. The van der Waals surface area contributed by atoms with E-state index in [0.29, 0.717) is 12.0 Å². The van der Waals surface area contributed by atoms with E-state index in [-0.39, 0.29) is 0 Å². The van der Waals surface area contributed by atoms with Crippen LogP contribution in [0.3, 0.4) is 0 Å². The average Bonchev–Trinajstić information content (AvgIpc) is 2.75. The smallest absolute Gasteiger partial charge is 0.140 e. The van der Waals surface area contributed by atoms with Gasteiger partial charge in [0.05, 0.1) is 11.1 Å². The minimum absolute atomic E-state index is 0.397. The van der Waals surface area contributed by atoms with Crippen LogP contribution in [0.1, 0.15) is 18.9 Å². The molecular weight excluding hydrogens is 268 g/mol. The summed E-state index contributed by atoms with van der Waals surface area (Å²) < 4.78 is 6.42. The SMILES string of the molecule is Cc1cnc(NC(C)C2CCOC2)c(Br)c1. The van der Waals surface area contributed by atoms with E-state index in [4.69, 9.17) is 4.74 Å². The number of halogens is 1. The highest BCUT2D eigenvalue weighted by Crippen LogP contribution is 2.24. The zero-order valence-electron chi connectivity index (χ0n) is 9.66. The molecule has 0 radical (unpaired) electrons. The Morgan fingerprint density at radius 3 is 3.06 bits per heavy atom. The van der Waals surface area contributed by atoms with Gasteiger partial charge >= 0.3 is 0 Å². The van der Waals surface area contributed by atoms with E-state index in [1.165, 1.54) is 0 Å². The van der Waals surface area contributed by atoms with Gasteiger partial charge in [-0.2, -0.15) is 0 Å². The summed E-state index contributed by atoms with van der Waals surface area (Å²) in [7, 11) is 0. The third kappa shape index (κ3) is 2.74. The third-order valence-electron chi connectivity index (χ3n) is 3.01. The fraction of sp³-hybridized carbons (Fsp3) is 0.583. The molecule has 3 nitrogen and oxygen atoms in total. The fourth-order valence-electron chi connectivity index (χ4n) is 1.92. The first-order valence-electron chi connectivity index (χ1n) is 5.63. The first-order valence-corrected chi connectivity index (χ1v) is 6.42. The lowest BCUT2D eigenvalue weighted by atomic mass is 10.0. The van der Waals surface area contributed by atoms with Crippen LogP contribution in [0.15, 0.2) is 16.7 Å². The van der Waals surface area contributed by atoms with Crippen molar-refractivity contribution in [3.63, 3.8) is 0 Å². The number of hydrogen-bond acceptors (Lipinski definition) is 3. The van der Waals surface area contributed by atoms with E-state index < -0.39 is 0 Å². The summed E-state index contributed by atoms with van der Waals surface area (Å²) in [5.74, 6) is 1.51. The highest BCUT2D eigenvalue weighted by atomic mass is 79.9. The predicted molar refractivity (Wildman–Crippen MR) is 68.7 cm³/mol. The van der Waals surface area contributed by atoms with Crippen LogP contribution in [0.5, 0.6) is 0 Å². The third-order valence-corrected chi connectivity index (χ3v) is 3.62. The zero-order valence-corrected chi connectivity index (χ0v) is 11.3. The van der Waals surface area contributed by atoms with E-state index in [9.17, 15) is 0 Å². The molecule has 2 unspecified atom stereocenters. The number of aryl methyl sites for hydroxylation is 1. The molecule has 1 aliphatic rings. The Kier molecular flexibility index (Phi) is 3.82. The van der Waals surface area contributed by atoms with Crippen molar-refractivity contribution in [1.29, 1.82) is 0 Å². The normalized spacial score (nSPS) is 22.1. The van der Waals surface area contributed by atoms with Crippen molar-refractivity contribution < 1.29 is 4.74 Å². The maximum absolute atomic E-state index is 5.39. The van der Waals surface area contributed by atoms with Gasteiger partial charge in [0.1, 0.15) is 5.82 Å². The lowest BCUT2D eigenvalue weighted by Gasteiger charge is -2.20. The largest absolute Gasteiger partial charge is 0.381 e. The first-order chi connectivity index (χ1) is 7.66. The quantitative estimate of drug-likeness (QED) is 0.927. The van der Waals surface area contributed by atoms with Gasteiger partial charge in [-0.05, 0) is 47.8 Å². The van der Waals surface area contributed by atoms with Gasteiger partial charge < -0.3 is 10.1 Å². The number of ether oxygens (including phenoxy) is 1. The van der Waals surface area contributed by atoms with Crippen molar-refractivity contribution in [3.05, 3.63) is 22.3 Å². The summed E-state index contributed by atoms with van der Waals surface area (Å²) in [6.45, 7) is 5.97. The molecule has 88 valence electrons. The molecule has 1 aliphatic heterocycles. The van der Waals surface area contributed by atoms with Crippen LogP contribution in [0, 0.1) is 12.8 Å². The number of anilines is 1. The lowest BCUT2D eigenvalue weighted by Crippen LogP contribution is -2.26. The number of aromatic nitrogens is 1. The molecule has 2 rings (SSSR count). The van der Waals surface area contributed by atoms with E-state index >= 15 is 0 Å². The number of nitrogens with zero attached hydrogens (tertiary/aromatic N) is 1. The Labute approximate surface area is 105 Å². The Hall–Kier alpha value is -0.610. The summed E-state index contributed by atoms with van der Waals surface area (Å²) in [6, 6.07) is 2.47. The molecule has 0 aromatic carbocycles. The average molecular weight is 285 g/mol. The minimum Gasteiger partial charge on any atom is -0.381 e. The first kappa shape index (κ1) is 11.9. The molecule has 1 aromatic heterocycles. The molecule has 0 saturated carbocycles. The zero-order chi connectivity index (χ0) is 11.5. The van der Waals surface area contributed by atoms with Gasteiger partial charge in [0.2, 0.25) is 0 Å². The van der Waals surface area contributed by atoms with E-state index in [1.54, 1.807) is 0 Å². The van der Waals surface area contributed by atoms with Crippen molar-refractivity contribution in [2.45, 2.75) is 26.3 Å². The number of pyridine rings is 1. The van der Waals surface area contributed by atoms with Gasteiger partial charge in [-0.3, -0.25) is 0 Å². The molecule has 0 bridgehead atoms. The molecule has 4 heteroatoms. The van der Waals surface area contributed by atoms with Crippen molar-refractivity contribution in [2.24, 2.45) is 5.92 Å². The molecule has 0 aliphatic carbocycles. The second-order valence-electron chi connectivity index (χ2n) is 4.40. The Morgan fingerprint density at radius 1 is 1.62 bits per heavy atom. The summed E-state index contributed by atoms with van der Waals surface area (Å²) in [5, 5.41) is 3.44. The van der Waals surface area contributed by atoms with Crippen LogP contribution >= 0.6 is 15.9 Å². The Morgan fingerprint density at radius 2 is 2.44 bits per heavy atom. The van der Waals surface area contributed by atoms with Gasteiger partial charge in [-0.15, -0.1) is 0 Å². The van der Waals surface area contributed by atoms with Crippen molar-refractivity contribution in [1.82, 2.24) is 4.98 Å². The summed E-state index contributed by atoms with van der Waals surface area (Å²) in [5.41, 5.74) is 1.16. The molecule has 0 amide bonds. The van der Waals surface area contributed by atoms with Crippen LogP contribution in [-0.4, -0.2) is 24.2 Å². The number of rotatable bonds is 3. The molecular formula is C12H17BrN2O. The van der Waals surface area contributed by atoms with E-state index in [2.05, 4.69) is 39.2 Å². The van der Waals surface area contributed by atoms with Gasteiger partial charge in [0.25, 0.3) is 0 Å². The van der Waals surface area contributed by atoms with Crippen LogP contribution in [0.4, 0.5) is 5.82 Å². The Balaban J connectivity index is 2.02. The van der Waals surface area contributed by atoms with Crippen LogP contribution in [0.2, 0.25) is 0 Å². The van der Waals surface area contributed by atoms with E-state index in [0.717, 1.165) is 35.5 Å². The summed E-state index contributed by atoms with van der Waals surface area (Å²) in [4.78, 5) is 4.39. The van der Waals surface area contributed by atoms with Crippen LogP contribution in [0.25, 0.3) is 0 Å². The molecule has 1 aromatic rings. The highest BCUT2D eigenvalue weighted by Gasteiger charge is 2.22. The molecule has 16 heavy (non-hydrogen) atoms. The predicted octanol–water partition coefficient (Wildman–Crippen LogP) is 2.99. The standard InChI is InChI=1S/C12H17BrN2O/c1-8-5-11(13)12(14-6-8)15-9(2)10-3-4-16-7-10/h5-6,9-10H,3-4,7H2,1-2H3,(H,14,15). The van der Waals surface area contributed by atoms with Crippen molar-refractivity contribution in [2.75, 3.05) is 18.5 Å². The molecule has 1 N–H and O–H groups in total. The Bertz CT molecular complexity index is 364. The fourth-order valence-corrected chi connectivity index (χ4v) is 2.50. The topological polar surface area (TPSA) is 34.2 Å². The van der Waals surface area contributed by atoms with E-state index in [1.807, 2.05) is 13.1 Å². The molecule has 1 saturated heterocycles. The van der Waals surface area contributed by atoms with Gasteiger partial charge in [-0.1, -0.05) is 0 Å². The molecule has 1 fully saturated rings. The van der Waals surface area contributed by atoms with Gasteiger partial charge in [0, 0.05) is 24.8 Å². The highest BCUT2D eigenvalue weighted by molar-refractivity contribution is 9.10. The molecule has 2 heterocycles. The summed E-state index contributed by atoms with van der Waals surface area (Å²) in [6.07, 6.45) is 3.02. The van der Waals surface area contributed by atoms with Crippen LogP contribution < -0.4 is 5.32 Å². The second kappa shape index (κ2) is 5.15. The molecule has 0 spiro atoms. The summed E-state index contributed by atoms with van der Waals surface area (Å²) >= 11 is 3.53. The second-order valence-corrected chi connectivity index (χ2v) is 5.25. The maximum atomic E-state index is 5.39.